The summed E-state index contributed by atoms with van der Waals surface area (Å²) in [6.45, 7) is 9.84. The molecule has 0 radical (unpaired) electrons. The Hall–Kier alpha value is -1.81. The molecule has 0 saturated heterocycles. The lowest BCUT2D eigenvalue weighted by Gasteiger charge is -2.27. The van der Waals surface area contributed by atoms with Crippen LogP contribution in [-0.4, -0.2) is 32.4 Å². The van der Waals surface area contributed by atoms with Crippen LogP contribution in [0.4, 0.5) is 0 Å². The van der Waals surface area contributed by atoms with E-state index in [-0.39, 0.29) is 23.9 Å². The van der Waals surface area contributed by atoms with Gasteiger partial charge in [0, 0.05) is 11.8 Å². The van der Waals surface area contributed by atoms with E-state index in [2.05, 4.69) is 57.2 Å². The molecule has 4 nitrogen and oxygen atoms in total. The summed E-state index contributed by atoms with van der Waals surface area (Å²) in [6, 6.07) is 0. The maximum Gasteiger partial charge on any atom is 0.309 e. The lowest BCUT2D eigenvalue weighted by Crippen LogP contribution is -2.30. The van der Waals surface area contributed by atoms with Crippen molar-refractivity contribution in [3.8, 4) is 0 Å². The van der Waals surface area contributed by atoms with Crippen molar-refractivity contribution >= 4 is 5.97 Å². The maximum atomic E-state index is 12.1. The Morgan fingerprint density at radius 2 is 1.73 bits per heavy atom. The average Bonchev–Trinajstić information content (AvgIpc) is 2.60. The highest BCUT2D eigenvalue weighted by Gasteiger charge is 2.30. The highest BCUT2D eigenvalue weighted by Crippen LogP contribution is 2.29. The first-order valence-electron chi connectivity index (χ1n) is 9.54. The zero-order valence-electron chi connectivity index (χ0n) is 16.4. The van der Waals surface area contributed by atoms with Crippen LogP contribution in [0.3, 0.4) is 0 Å². The van der Waals surface area contributed by atoms with Crippen molar-refractivity contribution in [3.63, 3.8) is 0 Å². The molecule has 0 saturated carbocycles. The minimum absolute atomic E-state index is 0.0793. The maximum absolute atomic E-state index is 12.1. The zero-order chi connectivity index (χ0) is 19.0. The summed E-state index contributed by atoms with van der Waals surface area (Å²) >= 11 is 0. The van der Waals surface area contributed by atoms with E-state index in [1.165, 1.54) is 0 Å². The molecule has 0 aromatic heterocycles. The van der Waals surface area contributed by atoms with E-state index < -0.39 is 0 Å². The van der Waals surface area contributed by atoms with Crippen LogP contribution >= 0.6 is 0 Å². The molecule has 0 aromatic rings. The van der Waals surface area contributed by atoms with Gasteiger partial charge in [-0.1, -0.05) is 58.1 Å². The molecule has 26 heavy (non-hydrogen) atoms. The van der Waals surface area contributed by atoms with Crippen LogP contribution in [-0.2, 0) is 19.0 Å². The second-order valence-corrected chi connectivity index (χ2v) is 7.81. The van der Waals surface area contributed by atoms with Crippen molar-refractivity contribution in [1.82, 2.24) is 0 Å². The van der Waals surface area contributed by atoms with Gasteiger partial charge in [0.05, 0.1) is 19.1 Å². The quantitative estimate of drug-likeness (QED) is 0.450. The minimum atomic E-state index is -0.138. The molecular weight excluding hydrogens is 328 g/mol. The van der Waals surface area contributed by atoms with Crippen molar-refractivity contribution < 1.29 is 19.0 Å². The summed E-state index contributed by atoms with van der Waals surface area (Å²) in [7, 11) is 0. The van der Waals surface area contributed by atoms with Crippen molar-refractivity contribution in [2.75, 3.05) is 26.4 Å². The predicted molar refractivity (Wildman–Crippen MR) is 103 cm³/mol. The number of esters is 1. The number of rotatable bonds is 9. The molecule has 0 aromatic carbocycles. The molecule has 3 atom stereocenters. The first kappa shape index (κ1) is 20.5. The lowest BCUT2D eigenvalue weighted by molar-refractivity contribution is -0.154. The molecule has 0 fully saturated rings. The normalized spacial score (nSPS) is 22.5. The fourth-order valence-corrected chi connectivity index (χ4v) is 3.30. The molecule has 0 spiro atoms. The van der Waals surface area contributed by atoms with Crippen molar-refractivity contribution in [1.29, 1.82) is 0 Å². The molecule has 2 aliphatic rings. The number of carbonyl (C=O) groups excluding carboxylic acids is 1. The third kappa shape index (κ3) is 6.17. The summed E-state index contributed by atoms with van der Waals surface area (Å²) in [5.74, 6) is 1.50. The van der Waals surface area contributed by atoms with Crippen LogP contribution in [0.15, 0.2) is 48.3 Å². The van der Waals surface area contributed by atoms with E-state index in [1.807, 2.05) is 13.0 Å². The Bertz CT molecular complexity index is 577. The van der Waals surface area contributed by atoms with Crippen molar-refractivity contribution in [2.24, 2.45) is 23.2 Å². The van der Waals surface area contributed by atoms with Crippen LogP contribution in [0.5, 0.6) is 0 Å². The Kier molecular flexibility index (Phi) is 7.70. The zero-order valence-corrected chi connectivity index (χ0v) is 16.4. The number of hydrogen-bond donors (Lipinski definition) is 0. The second-order valence-electron chi connectivity index (χ2n) is 7.81. The Balaban J connectivity index is 1.57. The minimum Gasteiger partial charge on any atom is -0.492 e. The van der Waals surface area contributed by atoms with Gasteiger partial charge in [-0.2, -0.15) is 0 Å². The Labute approximate surface area is 157 Å². The van der Waals surface area contributed by atoms with Gasteiger partial charge < -0.3 is 14.2 Å². The van der Waals surface area contributed by atoms with Gasteiger partial charge in [0.1, 0.15) is 19.0 Å². The lowest BCUT2D eigenvalue weighted by atomic mass is 9.79. The molecule has 2 rings (SSSR count). The molecular formula is C22H32O4. The number of allylic oxidation sites excluding steroid dienone is 7. The summed E-state index contributed by atoms with van der Waals surface area (Å²) in [5.41, 5.74) is -0.0793. The number of hydrogen-bond acceptors (Lipinski definition) is 4. The molecule has 3 unspecified atom stereocenters. The average molecular weight is 360 g/mol. The second kappa shape index (κ2) is 9.77. The first-order valence-corrected chi connectivity index (χ1v) is 9.54. The molecule has 2 aliphatic carbocycles. The fraction of sp³-hybridized carbons (Fsp3) is 0.591. The van der Waals surface area contributed by atoms with E-state index in [0.29, 0.717) is 31.7 Å². The highest BCUT2D eigenvalue weighted by molar-refractivity contribution is 5.73. The summed E-state index contributed by atoms with van der Waals surface area (Å²) in [4.78, 5) is 12.1. The molecule has 0 N–H and O–H groups in total. The number of ether oxygens (including phenoxy) is 3. The van der Waals surface area contributed by atoms with Crippen molar-refractivity contribution in [3.05, 3.63) is 48.3 Å². The summed E-state index contributed by atoms with van der Waals surface area (Å²) in [5, 5.41) is 0. The SMILES string of the molecule is CCC(C(=O)OCCOCCOC1=CC2C=CC=CC2C=C1)C(C)(C)C. The van der Waals surface area contributed by atoms with E-state index in [1.54, 1.807) is 0 Å². The largest absolute Gasteiger partial charge is 0.492 e. The number of carbonyl (C=O) groups is 1. The van der Waals surface area contributed by atoms with Gasteiger partial charge in [-0.15, -0.1) is 0 Å². The third-order valence-electron chi connectivity index (χ3n) is 4.77. The Morgan fingerprint density at radius 1 is 1.04 bits per heavy atom. The molecule has 0 aliphatic heterocycles. The summed E-state index contributed by atoms with van der Waals surface area (Å²) in [6.07, 6.45) is 15.6. The first-order chi connectivity index (χ1) is 12.4. The molecule has 0 heterocycles. The van der Waals surface area contributed by atoms with Crippen LogP contribution in [0.2, 0.25) is 0 Å². The Morgan fingerprint density at radius 3 is 2.42 bits per heavy atom. The van der Waals surface area contributed by atoms with Gasteiger partial charge in [-0.3, -0.25) is 4.79 Å². The molecule has 0 amide bonds. The van der Waals surface area contributed by atoms with Gasteiger partial charge in [0.25, 0.3) is 0 Å². The van der Waals surface area contributed by atoms with Gasteiger partial charge in [-0.25, -0.2) is 0 Å². The van der Waals surface area contributed by atoms with Crippen LogP contribution < -0.4 is 0 Å². The summed E-state index contributed by atoms with van der Waals surface area (Å²) < 4.78 is 16.6. The number of fused-ring (bicyclic) bond motifs is 1. The van der Waals surface area contributed by atoms with E-state index in [9.17, 15) is 4.79 Å². The van der Waals surface area contributed by atoms with E-state index in [4.69, 9.17) is 14.2 Å². The molecule has 0 bridgehead atoms. The van der Waals surface area contributed by atoms with Gasteiger partial charge >= 0.3 is 5.97 Å². The van der Waals surface area contributed by atoms with Gasteiger partial charge in [-0.05, 0) is 24.0 Å². The van der Waals surface area contributed by atoms with Gasteiger partial charge in [0.2, 0.25) is 0 Å². The predicted octanol–water partition coefficient (Wildman–Crippen LogP) is 4.45. The van der Waals surface area contributed by atoms with Crippen LogP contribution in [0, 0.1) is 23.2 Å². The topological polar surface area (TPSA) is 44.8 Å². The fourth-order valence-electron chi connectivity index (χ4n) is 3.30. The van der Waals surface area contributed by atoms with Crippen LogP contribution in [0.1, 0.15) is 34.1 Å². The monoisotopic (exact) mass is 360 g/mol. The molecule has 144 valence electrons. The third-order valence-corrected chi connectivity index (χ3v) is 4.77. The highest BCUT2D eigenvalue weighted by atomic mass is 16.6. The van der Waals surface area contributed by atoms with Gasteiger partial charge in [0.15, 0.2) is 0 Å². The smallest absolute Gasteiger partial charge is 0.309 e. The van der Waals surface area contributed by atoms with E-state index >= 15 is 0 Å². The standard InChI is InChI=1S/C22H32O4/c1-5-20(22(2,3)4)21(23)26-15-13-24-12-14-25-19-11-10-17-8-6-7-9-18(17)16-19/h6-11,16-18,20H,5,12-15H2,1-4H3. The van der Waals surface area contributed by atoms with E-state index in [0.717, 1.165) is 12.2 Å². The molecule has 4 heteroatoms. The van der Waals surface area contributed by atoms with Crippen molar-refractivity contribution in [2.45, 2.75) is 34.1 Å². The van der Waals surface area contributed by atoms with Crippen LogP contribution in [0.25, 0.3) is 0 Å².